The summed E-state index contributed by atoms with van der Waals surface area (Å²) in [6.45, 7) is 4.01. The molecule has 7 heteroatoms. The van der Waals surface area contributed by atoms with Gasteiger partial charge in [-0.25, -0.2) is 0 Å². The lowest BCUT2D eigenvalue weighted by Crippen LogP contribution is -2.33. The van der Waals surface area contributed by atoms with Gasteiger partial charge in [-0.2, -0.15) is 0 Å². The van der Waals surface area contributed by atoms with Crippen molar-refractivity contribution in [1.29, 1.82) is 0 Å². The van der Waals surface area contributed by atoms with Crippen LogP contribution in [0.15, 0.2) is 24.3 Å². The number of piperidine rings is 1. The number of para-hydroxylation sites is 1. The predicted octanol–water partition coefficient (Wildman–Crippen LogP) is 3.23. The van der Waals surface area contributed by atoms with E-state index in [0.29, 0.717) is 17.9 Å². The summed E-state index contributed by atoms with van der Waals surface area (Å²) in [5, 5.41) is 5.98. The molecule has 2 rings (SSSR count). The Morgan fingerprint density at radius 3 is 2.67 bits per heavy atom. The van der Waals surface area contributed by atoms with E-state index in [0.717, 1.165) is 25.9 Å². The third-order valence-corrected chi connectivity index (χ3v) is 4.37. The zero-order chi connectivity index (χ0) is 17.6. The van der Waals surface area contributed by atoms with Gasteiger partial charge in [0.1, 0.15) is 5.75 Å². The second kappa shape index (κ2) is 8.37. The van der Waals surface area contributed by atoms with E-state index in [1.54, 1.807) is 6.07 Å². The fourth-order valence-electron chi connectivity index (χ4n) is 3.01. The minimum absolute atomic E-state index is 0.0179. The quantitative estimate of drug-likeness (QED) is 0.833. The Morgan fingerprint density at radius 2 is 2.00 bits per heavy atom. The summed E-state index contributed by atoms with van der Waals surface area (Å²) < 4.78 is 41.1. The van der Waals surface area contributed by atoms with Crippen LogP contribution in [0, 0.1) is 11.8 Å². The molecule has 0 aromatic heterocycles. The van der Waals surface area contributed by atoms with Gasteiger partial charge >= 0.3 is 6.36 Å². The number of hydrogen-bond acceptors (Lipinski definition) is 3. The summed E-state index contributed by atoms with van der Waals surface area (Å²) in [5.41, 5.74) is 0.303. The highest BCUT2D eigenvalue weighted by Crippen LogP contribution is 2.27. The van der Waals surface area contributed by atoms with Crippen molar-refractivity contribution in [1.82, 2.24) is 10.6 Å². The van der Waals surface area contributed by atoms with Crippen LogP contribution in [-0.4, -0.2) is 25.4 Å². The van der Waals surface area contributed by atoms with E-state index in [1.165, 1.54) is 18.2 Å². The maximum Gasteiger partial charge on any atom is 0.573 e. The van der Waals surface area contributed by atoms with E-state index < -0.39 is 6.36 Å². The van der Waals surface area contributed by atoms with Crippen LogP contribution < -0.4 is 15.4 Å². The van der Waals surface area contributed by atoms with E-state index in [-0.39, 0.29) is 24.1 Å². The average Bonchev–Trinajstić information content (AvgIpc) is 2.53. The van der Waals surface area contributed by atoms with E-state index in [9.17, 15) is 18.0 Å². The van der Waals surface area contributed by atoms with E-state index in [4.69, 9.17) is 0 Å². The average molecular weight is 344 g/mol. The first-order valence-electron chi connectivity index (χ1n) is 8.16. The van der Waals surface area contributed by atoms with Gasteiger partial charge in [0.05, 0.1) is 0 Å². The summed E-state index contributed by atoms with van der Waals surface area (Å²) in [6.07, 6.45) is -2.26. The molecule has 1 unspecified atom stereocenters. The summed E-state index contributed by atoms with van der Waals surface area (Å²) in [7, 11) is 0. The SMILES string of the molecule is CC(CC(=O)NCc1ccccc1OC(F)(F)F)C1CCNCC1. The number of carbonyl (C=O) groups is 1. The Morgan fingerprint density at radius 1 is 1.33 bits per heavy atom. The van der Waals surface area contributed by atoms with Gasteiger partial charge in [0.2, 0.25) is 5.91 Å². The molecule has 0 radical (unpaired) electrons. The molecule has 1 atom stereocenters. The Labute approximate surface area is 139 Å². The van der Waals surface area contributed by atoms with Crippen LogP contribution in [0.4, 0.5) is 13.2 Å². The molecule has 1 amide bonds. The largest absolute Gasteiger partial charge is 0.573 e. The molecule has 1 aromatic carbocycles. The van der Waals surface area contributed by atoms with Crippen molar-refractivity contribution in [2.75, 3.05) is 13.1 Å². The summed E-state index contributed by atoms with van der Waals surface area (Å²) in [5.74, 6) is 0.339. The number of ether oxygens (including phenoxy) is 1. The van der Waals surface area contributed by atoms with Crippen LogP contribution in [0.2, 0.25) is 0 Å². The van der Waals surface area contributed by atoms with Crippen molar-refractivity contribution in [3.63, 3.8) is 0 Å². The highest BCUT2D eigenvalue weighted by molar-refractivity contribution is 5.76. The molecule has 1 fully saturated rings. The molecular weight excluding hydrogens is 321 g/mol. The number of nitrogens with one attached hydrogen (secondary N) is 2. The van der Waals surface area contributed by atoms with E-state index in [2.05, 4.69) is 22.3 Å². The minimum atomic E-state index is -4.75. The molecule has 1 saturated heterocycles. The molecule has 2 N–H and O–H groups in total. The minimum Gasteiger partial charge on any atom is -0.405 e. The van der Waals surface area contributed by atoms with Gasteiger partial charge in [0.25, 0.3) is 0 Å². The topological polar surface area (TPSA) is 50.4 Å². The van der Waals surface area contributed by atoms with Gasteiger partial charge in [0, 0.05) is 18.5 Å². The molecule has 1 heterocycles. The molecule has 1 aromatic rings. The molecule has 0 saturated carbocycles. The Bertz CT molecular complexity index is 543. The predicted molar refractivity (Wildman–Crippen MR) is 84.3 cm³/mol. The zero-order valence-electron chi connectivity index (χ0n) is 13.7. The first-order chi connectivity index (χ1) is 11.3. The Hall–Kier alpha value is -1.76. The van der Waals surface area contributed by atoms with Gasteiger partial charge < -0.3 is 15.4 Å². The lowest BCUT2D eigenvalue weighted by Gasteiger charge is -2.27. The standard InChI is InChI=1S/C17H23F3N2O2/c1-12(13-6-8-21-9-7-13)10-16(23)22-11-14-4-2-3-5-15(14)24-17(18,19)20/h2-5,12-13,21H,6-11H2,1H3,(H,22,23). The lowest BCUT2D eigenvalue weighted by atomic mass is 9.84. The monoisotopic (exact) mass is 344 g/mol. The van der Waals surface area contributed by atoms with Gasteiger partial charge in [-0.05, 0) is 43.8 Å². The maximum atomic E-state index is 12.4. The van der Waals surface area contributed by atoms with Crippen molar-refractivity contribution in [2.24, 2.45) is 11.8 Å². The van der Waals surface area contributed by atoms with Crippen LogP contribution >= 0.6 is 0 Å². The second-order valence-electron chi connectivity index (χ2n) is 6.20. The number of amides is 1. The molecule has 0 aliphatic carbocycles. The Balaban J connectivity index is 1.85. The first kappa shape index (κ1) is 18.6. The zero-order valence-corrected chi connectivity index (χ0v) is 13.7. The van der Waals surface area contributed by atoms with Gasteiger partial charge in [-0.15, -0.1) is 13.2 Å². The first-order valence-corrected chi connectivity index (χ1v) is 8.16. The number of carbonyl (C=O) groups excluding carboxylic acids is 1. The number of alkyl halides is 3. The molecule has 134 valence electrons. The van der Waals surface area contributed by atoms with Crippen molar-refractivity contribution in [2.45, 2.75) is 39.1 Å². The second-order valence-corrected chi connectivity index (χ2v) is 6.20. The van der Waals surface area contributed by atoms with Crippen LogP contribution in [0.1, 0.15) is 31.7 Å². The van der Waals surface area contributed by atoms with E-state index >= 15 is 0 Å². The fourth-order valence-corrected chi connectivity index (χ4v) is 3.01. The molecule has 1 aliphatic heterocycles. The Kier molecular flexibility index (Phi) is 6.48. The summed E-state index contributed by atoms with van der Waals surface area (Å²) in [6, 6.07) is 5.83. The number of hydrogen-bond donors (Lipinski definition) is 2. The smallest absolute Gasteiger partial charge is 0.405 e. The summed E-state index contributed by atoms with van der Waals surface area (Å²) in [4.78, 5) is 12.1. The third-order valence-electron chi connectivity index (χ3n) is 4.37. The van der Waals surface area contributed by atoms with Gasteiger partial charge in [-0.1, -0.05) is 25.1 Å². The molecule has 4 nitrogen and oxygen atoms in total. The molecule has 0 bridgehead atoms. The molecule has 1 aliphatic rings. The van der Waals surface area contributed by atoms with Crippen molar-refractivity contribution >= 4 is 5.91 Å². The molecular formula is C17H23F3N2O2. The highest BCUT2D eigenvalue weighted by atomic mass is 19.4. The molecule has 24 heavy (non-hydrogen) atoms. The number of halogens is 3. The summed E-state index contributed by atoms with van der Waals surface area (Å²) >= 11 is 0. The normalized spacial score (nSPS) is 17.3. The van der Waals surface area contributed by atoms with Gasteiger partial charge in [-0.3, -0.25) is 4.79 Å². The highest BCUT2D eigenvalue weighted by Gasteiger charge is 2.32. The van der Waals surface area contributed by atoms with Crippen molar-refractivity contribution in [3.05, 3.63) is 29.8 Å². The maximum absolute atomic E-state index is 12.4. The van der Waals surface area contributed by atoms with Crippen molar-refractivity contribution in [3.8, 4) is 5.75 Å². The van der Waals surface area contributed by atoms with Crippen molar-refractivity contribution < 1.29 is 22.7 Å². The molecule has 0 spiro atoms. The fraction of sp³-hybridized carbons (Fsp3) is 0.588. The van der Waals surface area contributed by atoms with Crippen LogP contribution in [0.25, 0.3) is 0 Å². The number of benzene rings is 1. The van der Waals surface area contributed by atoms with Gasteiger partial charge in [0.15, 0.2) is 0 Å². The number of rotatable bonds is 6. The van der Waals surface area contributed by atoms with Crippen LogP contribution in [-0.2, 0) is 11.3 Å². The third kappa shape index (κ3) is 6.03. The van der Waals surface area contributed by atoms with E-state index in [1.807, 2.05) is 0 Å². The van der Waals surface area contributed by atoms with Crippen LogP contribution in [0.5, 0.6) is 5.75 Å². The van der Waals surface area contributed by atoms with Crippen LogP contribution in [0.3, 0.4) is 0 Å². The lowest BCUT2D eigenvalue weighted by molar-refractivity contribution is -0.274.